The van der Waals surface area contributed by atoms with Gasteiger partial charge in [-0.3, -0.25) is 19.0 Å². The molecule has 2 aromatic heterocycles. The van der Waals surface area contributed by atoms with E-state index in [0.717, 1.165) is 17.8 Å². The lowest BCUT2D eigenvalue weighted by molar-refractivity contribution is 0.0944. The molecule has 2 heterocycles. The van der Waals surface area contributed by atoms with Gasteiger partial charge in [0.1, 0.15) is 0 Å². The topological polar surface area (TPSA) is 81.8 Å². The fourth-order valence-corrected chi connectivity index (χ4v) is 2.89. The molecule has 0 radical (unpaired) electrons. The number of hydrogen-bond acceptors (Lipinski definition) is 4. The lowest BCUT2D eigenvalue weighted by Crippen LogP contribution is -2.32. The highest BCUT2D eigenvalue weighted by Gasteiger charge is 2.15. The second-order valence-electron chi connectivity index (χ2n) is 6.08. The van der Waals surface area contributed by atoms with Crippen molar-refractivity contribution in [2.75, 3.05) is 6.54 Å². The van der Waals surface area contributed by atoms with Gasteiger partial charge in [-0.25, -0.2) is 0 Å². The zero-order valence-electron chi connectivity index (χ0n) is 14.6. The number of rotatable bonds is 5. The molecule has 0 fully saturated rings. The van der Waals surface area contributed by atoms with E-state index in [-0.39, 0.29) is 11.1 Å². The number of para-hydroxylation sites is 1. The number of amides is 1. The van der Waals surface area contributed by atoms with Gasteiger partial charge in [0.05, 0.1) is 11.2 Å². The quantitative estimate of drug-likeness (QED) is 0.715. The maximum atomic E-state index is 12.5. The van der Waals surface area contributed by atoms with Gasteiger partial charge in [-0.2, -0.15) is 10.2 Å². The molecule has 0 spiro atoms. The summed E-state index contributed by atoms with van der Waals surface area (Å²) in [5, 5.41) is 11.8. The van der Waals surface area contributed by atoms with Crippen LogP contribution in [0.15, 0.2) is 35.1 Å². The summed E-state index contributed by atoms with van der Waals surface area (Å²) >= 11 is 0. The van der Waals surface area contributed by atoms with Crippen LogP contribution in [-0.2, 0) is 13.6 Å². The Morgan fingerprint density at radius 1 is 1.20 bits per heavy atom. The number of aryl methyl sites for hydroxylation is 4. The number of aromatic nitrogens is 4. The molecule has 1 N–H and O–H groups in total. The highest BCUT2D eigenvalue weighted by Crippen LogP contribution is 2.08. The Bertz CT molecular complexity index is 987. The summed E-state index contributed by atoms with van der Waals surface area (Å²) in [6, 6.07) is 9.14. The molecule has 25 heavy (non-hydrogen) atoms. The van der Waals surface area contributed by atoms with Gasteiger partial charge >= 0.3 is 0 Å². The Morgan fingerprint density at radius 3 is 2.68 bits per heavy atom. The predicted octanol–water partition coefficient (Wildman–Crippen LogP) is 1.57. The number of nitrogens with one attached hydrogen (secondary N) is 1. The van der Waals surface area contributed by atoms with Gasteiger partial charge in [0.2, 0.25) is 5.43 Å². The fourth-order valence-electron chi connectivity index (χ4n) is 2.89. The van der Waals surface area contributed by atoms with E-state index in [2.05, 4.69) is 15.5 Å². The van der Waals surface area contributed by atoms with Crippen molar-refractivity contribution in [2.45, 2.75) is 26.8 Å². The number of carbonyl (C=O) groups is 1. The van der Waals surface area contributed by atoms with Crippen LogP contribution in [0.5, 0.6) is 0 Å². The van der Waals surface area contributed by atoms with Crippen LogP contribution in [0.3, 0.4) is 0 Å². The first kappa shape index (κ1) is 16.9. The van der Waals surface area contributed by atoms with Crippen LogP contribution in [0.1, 0.15) is 28.3 Å². The van der Waals surface area contributed by atoms with E-state index in [1.165, 1.54) is 0 Å². The van der Waals surface area contributed by atoms with E-state index in [1.54, 1.807) is 29.9 Å². The second-order valence-corrected chi connectivity index (χ2v) is 6.08. The molecular weight excluding hydrogens is 318 g/mol. The molecule has 7 heteroatoms. The van der Waals surface area contributed by atoms with Crippen molar-refractivity contribution in [1.29, 1.82) is 0 Å². The first-order valence-corrected chi connectivity index (χ1v) is 8.22. The molecule has 0 aliphatic rings. The normalized spacial score (nSPS) is 11.0. The third kappa shape index (κ3) is 3.45. The Kier molecular flexibility index (Phi) is 4.65. The molecule has 0 unspecified atom stereocenters. The van der Waals surface area contributed by atoms with E-state index in [0.29, 0.717) is 24.0 Å². The average molecular weight is 339 g/mol. The molecule has 1 amide bonds. The minimum Gasteiger partial charge on any atom is -0.350 e. The first-order valence-electron chi connectivity index (χ1n) is 8.22. The highest BCUT2D eigenvalue weighted by atomic mass is 16.2. The van der Waals surface area contributed by atoms with Crippen molar-refractivity contribution in [1.82, 2.24) is 24.9 Å². The Hall–Kier alpha value is -2.96. The predicted molar refractivity (Wildman–Crippen MR) is 95.6 cm³/mol. The summed E-state index contributed by atoms with van der Waals surface area (Å²) in [5.41, 5.74) is 2.35. The summed E-state index contributed by atoms with van der Waals surface area (Å²) < 4.78 is 3.47. The summed E-state index contributed by atoms with van der Waals surface area (Å²) in [7, 11) is 1.72. The molecule has 0 saturated heterocycles. The van der Waals surface area contributed by atoms with Crippen molar-refractivity contribution in [3.05, 3.63) is 57.6 Å². The van der Waals surface area contributed by atoms with Gasteiger partial charge in [-0.15, -0.1) is 0 Å². The average Bonchev–Trinajstić information content (AvgIpc) is 2.92. The van der Waals surface area contributed by atoms with Crippen LogP contribution >= 0.6 is 0 Å². The highest BCUT2D eigenvalue weighted by molar-refractivity contribution is 5.95. The molecule has 0 aliphatic carbocycles. The molecular formula is C18H21N5O2. The SMILES string of the molecule is Cc1cc(C)n(CCCNC(=O)c2nn(C)c3ccccc3c2=O)n1. The molecule has 0 atom stereocenters. The summed E-state index contributed by atoms with van der Waals surface area (Å²) in [4.78, 5) is 24.8. The van der Waals surface area contributed by atoms with Crippen LogP contribution in [0.25, 0.3) is 10.9 Å². The maximum absolute atomic E-state index is 12.5. The molecule has 0 aliphatic heterocycles. The van der Waals surface area contributed by atoms with Gasteiger partial charge < -0.3 is 5.32 Å². The van der Waals surface area contributed by atoms with Gasteiger partial charge in [0.15, 0.2) is 5.69 Å². The van der Waals surface area contributed by atoms with Crippen LogP contribution in [-0.4, -0.2) is 32.0 Å². The summed E-state index contributed by atoms with van der Waals surface area (Å²) in [6.07, 6.45) is 0.724. The molecule has 0 saturated carbocycles. The lowest BCUT2D eigenvalue weighted by Gasteiger charge is -2.09. The van der Waals surface area contributed by atoms with E-state index in [1.807, 2.05) is 30.7 Å². The maximum Gasteiger partial charge on any atom is 0.275 e. The largest absolute Gasteiger partial charge is 0.350 e. The number of carbonyl (C=O) groups excluding carboxylic acids is 1. The Balaban J connectivity index is 1.67. The zero-order chi connectivity index (χ0) is 18.0. The second kappa shape index (κ2) is 6.88. The van der Waals surface area contributed by atoms with Crippen molar-refractivity contribution >= 4 is 16.8 Å². The molecule has 3 aromatic rings. The standard InChI is InChI=1S/C18H21N5O2/c1-12-11-13(2)23(20-12)10-6-9-19-18(25)16-17(24)14-7-4-5-8-15(14)22(3)21-16/h4-5,7-8,11H,6,9-10H2,1-3H3,(H,19,25). The monoisotopic (exact) mass is 339 g/mol. The smallest absolute Gasteiger partial charge is 0.275 e. The molecule has 0 bridgehead atoms. The van der Waals surface area contributed by atoms with Crippen molar-refractivity contribution in [3.8, 4) is 0 Å². The van der Waals surface area contributed by atoms with Crippen molar-refractivity contribution in [2.24, 2.45) is 7.05 Å². The van der Waals surface area contributed by atoms with Crippen LogP contribution < -0.4 is 10.7 Å². The molecule has 1 aromatic carbocycles. The van der Waals surface area contributed by atoms with Crippen molar-refractivity contribution < 1.29 is 4.79 Å². The first-order chi connectivity index (χ1) is 12.0. The number of benzene rings is 1. The minimum atomic E-state index is -0.445. The van der Waals surface area contributed by atoms with Crippen LogP contribution in [0.4, 0.5) is 0 Å². The Labute approximate surface area is 145 Å². The van der Waals surface area contributed by atoms with E-state index < -0.39 is 5.91 Å². The third-order valence-corrected chi connectivity index (χ3v) is 4.11. The van der Waals surface area contributed by atoms with E-state index in [9.17, 15) is 9.59 Å². The van der Waals surface area contributed by atoms with Crippen LogP contribution in [0, 0.1) is 13.8 Å². The van der Waals surface area contributed by atoms with Crippen molar-refractivity contribution in [3.63, 3.8) is 0 Å². The van der Waals surface area contributed by atoms with Gasteiger partial charge in [-0.1, -0.05) is 12.1 Å². The molecule has 7 nitrogen and oxygen atoms in total. The molecule has 3 rings (SSSR count). The third-order valence-electron chi connectivity index (χ3n) is 4.11. The lowest BCUT2D eigenvalue weighted by atomic mass is 10.2. The summed E-state index contributed by atoms with van der Waals surface area (Å²) in [5.74, 6) is -0.445. The van der Waals surface area contributed by atoms with Gasteiger partial charge in [0.25, 0.3) is 5.91 Å². The van der Waals surface area contributed by atoms with E-state index in [4.69, 9.17) is 0 Å². The fraction of sp³-hybridized carbons (Fsp3) is 0.333. The van der Waals surface area contributed by atoms with Gasteiger partial charge in [0, 0.05) is 31.2 Å². The Morgan fingerprint density at radius 2 is 1.96 bits per heavy atom. The number of fused-ring (bicyclic) bond motifs is 1. The zero-order valence-corrected chi connectivity index (χ0v) is 14.6. The summed E-state index contributed by atoms with van der Waals surface area (Å²) in [6.45, 7) is 5.12. The number of nitrogens with zero attached hydrogens (tertiary/aromatic N) is 4. The molecule has 130 valence electrons. The minimum absolute atomic E-state index is 0.0766. The number of hydrogen-bond donors (Lipinski definition) is 1. The van der Waals surface area contributed by atoms with Crippen LogP contribution in [0.2, 0.25) is 0 Å². The van der Waals surface area contributed by atoms with Gasteiger partial charge in [-0.05, 0) is 38.5 Å². The van der Waals surface area contributed by atoms with E-state index >= 15 is 0 Å².